The first-order valence-electron chi connectivity index (χ1n) is 7.10. The lowest BCUT2D eigenvalue weighted by atomic mass is 10.1. The Bertz CT molecular complexity index is 549. The highest BCUT2D eigenvalue weighted by Crippen LogP contribution is 2.25. The van der Waals surface area contributed by atoms with Crippen LogP contribution in [-0.2, 0) is 14.3 Å². The summed E-state index contributed by atoms with van der Waals surface area (Å²) in [5.74, 6) is 0. The third kappa shape index (κ3) is 3.59. The van der Waals surface area contributed by atoms with Crippen LogP contribution in [0.5, 0.6) is 0 Å². The van der Waals surface area contributed by atoms with E-state index in [9.17, 15) is 8.42 Å². The molecule has 1 atom stereocenters. The molecule has 1 heterocycles. The van der Waals surface area contributed by atoms with E-state index in [-0.39, 0.29) is 11.5 Å². The summed E-state index contributed by atoms with van der Waals surface area (Å²) in [7, 11) is 0.788. The molecule has 1 fully saturated rings. The molecular formula is C15H24NO3S+. The van der Waals surface area contributed by atoms with E-state index in [4.69, 9.17) is 4.18 Å². The van der Waals surface area contributed by atoms with Gasteiger partial charge in [0.25, 0.3) is 10.1 Å². The average molecular weight is 298 g/mol. The summed E-state index contributed by atoms with van der Waals surface area (Å²) in [5.41, 5.74) is 1.04. The molecule has 1 aliphatic rings. The molecule has 0 aliphatic carbocycles. The Morgan fingerprint density at radius 1 is 1.25 bits per heavy atom. The summed E-state index contributed by atoms with van der Waals surface area (Å²) >= 11 is 0. The molecule has 112 valence electrons. The number of benzene rings is 1. The van der Waals surface area contributed by atoms with Crippen molar-refractivity contribution in [3.8, 4) is 0 Å². The first kappa shape index (κ1) is 15.5. The summed E-state index contributed by atoms with van der Waals surface area (Å²) in [6.07, 6.45) is 3.15. The molecule has 1 aromatic carbocycles. The van der Waals surface area contributed by atoms with Crippen LogP contribution in [0.25, 0.3) is 0 Å². The van der Waals surface area contributed by atoms with E-state index >= 15 is 0 Å². The van der Waals surface area contributed by atoms with E-state index in [0.717, 1.165) is 29.4 Å². The maximum Gasteiger partial charge on any atom is 0.296 e. The zero-order chi connectivity index (χ0) is 14.8. The zero-order valence-electron chi connectivity index (χ0n) is 12.5. The Morgan fingerprint density at radius 3 is 2.45 bits per heavy atom. The SMILES string of the molecule is Cc1ccc(S(=O)(=O)OCCC2CCC[N+]2(C)C)cc1. The topological polar surface area (TPSA) is 43.4 Å². The van der Waals surface area contributed by atoms with Gasteiger partial charge in [-0.1, -0.05) is 17.7 Å². The van der Waals surface area contributed by atoms with Crippen molar-refractivity contribution in [2.75, 3.05) is 27.2 Å². The summed E-state index contributed by atoms with van der Waals surface area (Å²) in [4.78, 5) is 0.239. The fraction of sp³-hybridized carbons (Fsp3) is 0.600. The molecule has 0 N–H and O–H groups in total. The number of likely N-dealkylation sites (tertiary alicyclic amines) is 1. The molecule has 2 rings (SSSR count). The van der Waals surface area contributed by atoms with Crippen LogP contribution < -0.4 is 0 Å². The average Bonchev–Trinajstić information content (AvgIpc) is 2.69. The Labute approximate surface area is 122 Å². The first-order chi connectivity index (χ1) is 9.31. The molecule has 0 amide bonds. The lowest BCUT2D eigenvalue weighted by Gasteiger charge is -2.31. The van der Waals surface area contributed by atoms with Crippen LogP contribution in [0.3, 0.4) is 0 Å². The van der Waals surface area contributed by atoms with Gasteiger partial charge in [-0.3, -0.25) is 4.18 Å². The van der Waals surface area contributed by atoms with Gasteiger partial charge in [0.05, 0.1) is 38.2 Å². The number of rotatable bonds is 5. The minimum atomic E-state index is -3.61. The summed E-state index contributed by atoms with van der Waals surface area (Å²) < 4.78 is 30.2. The molecule has 0 bridgehead atoms. The normalized spacial score (nSPS) is 22.1. The van der Waals surface area contributed by atoms with Crippen molar-refractivity contribution in [3.63, 3.8) is 0 Å². The lowest BCUT2D eigenvalue weighted by molar-refractivity contribution is -0.902. The van der Waals surface area contributed by atoms with Crippen molar-refractivity contribution in [2.45, 2.75) is 37.1 Å². The molecular weight excluding hydrogens is 274 g/mol. The number of hydrogen-bond acceptors (Lipinski definition) is 3. The van der Waals surface area contributed by atoms with Crippen LogP contribution in [0.15, 0.2) is 29.2 Å². The second-order valence-corrected chi connectivity index (χ2v) is 7.79. The van der Waals surface area contributed by atoms with Crippen LogP contribution in [-0.4, -0.2) is 46.2 Å². The maximum absolute atomic E-state index is 12.1. The van der Waals surface area contributed by atoms with Gasteiger partial charge in [-0.05, 0) is 19.1 Å². The zero-order valence-corrected chi connectivity index (χ0v) is 13.3. The number of hydrogen-bond donors (Lipinski definition) is 0. The van der Waals surface area contributed by atoms with Gasteiger partial charge in [0.1, 0.15) is 0 Å². The number of aryl methyl sites for hydroxylation is 1. The monoisotopic (exact) mass is 298 g/mol. The Balaban J connectivity index is 1.91. The van der Waals surface area contributed by atoms with Crippen LogP contribution in [0.4, 0.5) is 0 Å². The van der Waals surface area contributed by atoms with Gasteiger partial charge in [0.15, 0.2) is 0 Å². The molecule has 1 saturated heterocycles. The van der Waals surface area contributed by atoms with Crippen molar-refractivity contribution < 1.29 is 17.1 Å². The largest absolute Gasteiger partial charge is 0.326 e. The second kappa shape index (κ2) is 5.84. The van der Waals surface area contributed by atoms with Gasteiger partial charge in [0.2, 0.25) is 0 Å². The quantitative estimate of drug-likeness (QED) is 0.619. The molecule has 5 heteroatoms. The second-order valence-electron chi connectivity index (χ2n) is 6.18. The third-order valence-electron chi connectivity index (χ3n) is 4.26. The highest BCUT2D eigenvalue weighted by molar-refractivity contribution is 7.86. The van der Waals surface area contributed by atoms with Gasteiger partial charge in [-0.15, -0.1) is 0 Å². The minimum Gasteiger partial charge on any atom is -0.326 e. The molecule has 0 radical (unpaired) electrons. The fourth-order valence-corrected chi connectivity index (χ4v) is 3.75. The van der Waals surface area contributed by atoms with E-state index in [1.807, 2.05) is 6.92 Å². The third-order valence-corrected chi connectivity index (χ3v) is 5.59. The van der Waals surface area contributed by atoms with Gasteiger partial charge < -0.3 is 4.48 Å². The van der Waals surface area contributed by atoms with E-state index in [2.05, 4.69) is 14.1 Å². The Kier molecular flexibility index (Phi) is 4.52. The molecule has 1 aromatic rings. The van der Waals surface area contributed by atoms with Crippen molar-refractivity contribution in [2.24, 2.45) is 0 Å². The molecule has 20 heavy (non-hydrogen) atoms. The van der Waals surface area contributed by atoms with Crippen molar-refractivity contribution >= 4 is 10.1 Å². The van der Waals surface area contributed by atoms with E-state index in [1.54, 1.807) is 24.3 Å². The standard InChI is InChI=1S/C15H24NO3S/c1-13-6-8-15(9-7-13)20(17,18)19-12-10-14-5-4-11-16(14,2)3/h6-9,14H,4-5,10-12H2,1-3H3/q+1. The van der Waals surface area contributed by atoms with Gasteiger partial charge in [-0.25, -0.2) is 0 Å². The summed E-state index contributed by atoms with van der Waals surface area (Å²) in [6.45, 7) is 3.36. The number of quaternary nitrogens is 1. The fourth-order valence-electron chi connectivity index (χ4n) is 2.83. The molecule has 1 aliphatic heterocycles. The van der Waals surface area contributed by atoms with Crippen molar-refractivity contribution in [1.29, 1.82) is 0 Å². The predicted molar refractivity (Wildman–Crippen MR) is 78.9 cm³/mol. The van der Waals surface area contributed by atoms with Gasteiger partial charge >= 0.3 is 0 Å². The van der Waals surface area contributed by atoms with Crippen molar-refractivity contribution in [1.82, 2.24) is 0 Å². The predicted octanol–water partition coefficient (Wildman–Crippen LogP) is 2.33. The molecule has 0 saturated carbocycles. The smallest absolute Gasteiger partial charge is 0.296 e. The molecule has 4 nitrogen and oxygen atoms in total. The maximum atomic E-state index is 12.1. The summed E-state index contributed by atoms with van der Waals surface area (Å²) in [6, 6.07) is 7.27. The highest BCUT2D eigenvalue weighted by atomic mass is 32.2. The first-order valence-corrected chi connectivity index (χ1v) is 8.51. The minimum absolute atomic E-state index is 0.239. The van der Waals surface area contributed by atoms with Crippen LogP contribution >= 0.6 is 0 Å². The van der Waals surface area contributed by atoms with Gasteiger partial charge in [-0.2, -0.15) is 8.42 Å². The van der Waals surface area contributed by atoms with Crippen LogP contribution in [0.2, 0.25) is 0 Å². The highest BCUT2D eigenvalue weighted by Gasteiger charge is 2.33. The lowest BCUT2D eigenvalue weighted by Crippen LogP contribution is -2.44. The summed E-state index contributed by atoms with van der Waals surface area (Å²) in [5, 5.41) is 0. The van der Waals surface area contributed by atoms with Crippen LogP contribution in [0, 0.1) is 6.92 Å². The molecule has 0 aromatic heterocycles. The van der Waals surface area contributed by atoms with Gasteiger partial charge in [0, 0.05) is 19.3 Å². The van der Waals surface area contributed by atoms with E-state index in [1.165, 1.54) is 6.42 Å². The number of nitrogens with zero attached hydrogens (tertiary/aromatic N) is 1. The Hall–Kier alpha value is -0.910. The molecule has 0 spiro atoms. The van der Waals surface area contributed by atoms with Crippen LogP contribution in [0.1, 0.15) is 24.8 Å². The Morgan fingerprint density at radius 2 is 1.90 bits per heavy atom. The van der Waals surface area contributed by atoms with E-state index in [0.29, 0.717) is 6.04 Å². The van der Waals surface area contributed by atoms with Crippen molar-refractivity contribution in [3.05, 3.63) is 29.8 Å². The molecule has 1 unspecified atom stereocenters. The van der Waals surface area contributed by atoms with E-state index < -0.39 is 10.1 Å².